The van der Waals surface area contributed by atoms with Crippen LogP contribution in [0.15, 0.2) is 0 Å². The molecule has 2 rings (SSSR count). The summed E-state index contributed by atoms with van der Waals surface area (Å²) < 4.78 is 0. The van der Waals surface area contributed by atoms with Gasteiger partial charge in [0.15, 0.2) is 0 Å². The number of carbonyl (C=O) groups is 1. The van der Waals surface area contributed by atoms with Gasteiger partial charge < -0.3 is 9.80 Å². The zero-order chi connectivity index (χ0) is 12.4. The van der Waals surface area contributed by atoms with Crippen LogP contribution < -0.4 is 0 Å². The summed E-state index contributed by atoms with van der Waals surface area (Å²) in [4.78, 5) is 16.6. The lowest BCUT2D eigenvalue weighted by Crippen LogP contribution is -2.47. The Balaban J connectivity index is 1.87. The lowest BCUT2D eigenvalue weighted by Gasteiger charge is -2.38. The molecular weight excluding hydrogens is 280 g/mol. The smallest absolute Gasteiger partial charge is 0.223 e. The van der Waals surface area contributed by atoms with E-state index in [9.17, 15) is 4.79 Å². The van der Waals surface area contributed by atoms with Crippen molar-refractivity contribution in [2.45, 2.75) is 45.2 Å². The van der Waals surface area contributed by atoms with Gasteiger partial charge in [0.25, 0.3) is 0 Å². The third-order valence-corrected chi connectivity index (χ3v) is 5.04. The molecule has 0 radical (unpaired) electrons. The van der Waals surface area contributed by atoms with Gasteiger partial charge in [-0.15, -0.1) is 0 Å². The van der Waals surface area contributed by atoms with Crippen molar-refractivity contribution in [3.05, 3.63) is 0 Å². The van der Waals surface area contributed by atoms with E-state index in [0.717, 1.165) is 44.2 Å². The quantitative estimate of drug-likeness (QED) is 0.746. The highest BCUT2D eigenvalue weighted by Crippen LogP contribution is 2.26. The number of hydrogen-bond acceptors (Lipinski definition) is 2. The minimum Gasteiger partial charge on any atom is -0.339 e. The monoisotopic (exact) mass is 302 g/mol. The van der Waals surface area contributed by atoms with E-state index < -0.39 is 0 Å². The van der Waals surface area contributed by atoms with Crippen LogP contribution in [0.3, 0.4) is 0 Å². The molecule has 1 amide bonds. The molecule has 1 atom stereocenters. The molecule has 0 aromatic rings. The Morgan fingerprint density at radius 2 is 2.00 bits per heavy atom. The molecule has 0 aromatic carbocycles. The van der Waals surface area contributed by atoms with E-state index in [1.165, 1.54) is 0 Å². The zero-order valence-corrected chi connectivity index (χ0v) is 12.4. The molecule has 98 valence electrons. The lowest BCUT2D eigenvalue weighted by molar-refractivity contribution is -0.130. The van der Waals surface area contributed by atoms with Gasteiger partial charge in [-0.05, 0) is 32.6 Å². The average Bonchev–Trinajstić information content (AvgIpc) is 2.71. The highest BCUT2D eigenvalue weighted by molar-refractivity contribution is 9.09. The van der Waals surface area contributed by atoms with Crippen LogP contribution in [0.4, 0.5) is 0 Å². The van der Waals surface area contributed by atoms with E-state index in [0.29, 0.717) is 23.9 Å². The Morgan fingerprint density at radius 3 is 2.47 bits per heavy atom. The van der Waals surface area contributed by atoms with Gasteiger partial charge in [0.1, 0.15) is 0 Å². The summed E-state index contributed by atoms with van der Waals surface area (Å²) in [5.41, 5.74) is 0. The van der Waals surface area contributed by atoms with Crippen molar-refractivity contribution in [1.82, 2.24) is 9.80 Å². The molecule has 0 saturated carbocycles. The molecule has 2 saturated heterocycles. The zero-order valence-electron chi connectivity index (χ0n) is 10.9. The van der Waals surface area contributed by atoms with Crippen LogP contribution >= 0.6 is 15.9 Å². The highest BCUT2D eigenvalue weighted by Gasteiger charge is 2.35. The van der Waals surface area contributed by atoms with Crippen molar-refractivity contribution in [3.63, 3.8) is 0 Å². The van der Waals surface area contributed by atoms with Crippen molar-refractivity contribution in [2.75, 3.05) is 25.0 Å². The molecule has 0 aromatic heterocycles. The second-order valence-electron chi connectivity index (χ2n) is 5.63. The van der Waals surface area contributed by atoms with Crippen LogP contribution in [-0.4, -0.2) is 52.8 Å². The first-order valence-electron chi connectivity index (χ1n) is 6.71. The Kier molecular flexibility index (Phi) is 4.47. The molecule has 1 unspecified atom stereocenters. The van der Waals surface area contributed by atoms with Crippen LogP contribution in [0.5, 0.6) is 0 Å². The summed E-state index contributed by atoms with van der Waals surface area (Å²) in [6.45, 7) is 7.76. The summed E-state index contributed by atoms with van der Waals surface area (Å²) >= 11 is 3.50. The van der Waals surface area contributed by atoms with E-state index in [4.69, 9.17) is 0 Å². The van der Waals surface area contributed by atoms with Gasteiger partial charge in [0.05, 0.1) is 0 Å². The first-order valence-corrected chi connectivity index (χ1v) is 7.83. The van der Waals surface area contributed by atoms with Gasteiger partial charge in [-0.2, -0.15) is 0 Å². The van der Waals surface area contributed by atoms with Gasteiger partial charge in [0, 0.05) is 43.5 Å². The van der Waals surface area contributed by atoms with Gasteiger partial charge in [-0.25, -0.2) is 0 Å². The minimum atomic E-state index is 0.373. The molecule has 4 heteroatoms. The SMILES string of the molecule is CC(C)N1CCC(N2CC(CBr)CC2=O)CC1. The Hall–Kier alpha value is -0.0900. The molecule has 0 spiro atoms. The van der Waals surface area contributed by atoms with Crippen LogP contribution in [0, 0.1) is 5.92 Å². The summed E-state index contributed by atoms with van der Waals surface area (Å²) in [7, 11) is 0. The Morgan fingerprint density at radius 1 is 1.35 bits per heavy atom. The fraction of sp³-hybridized carbons (Fsp3) is 0.923. The Labute approximate surface area is 113 Å². The number of likely N-dealkylation sites (tertiary alicyclic amines) is 2. The fourth-order valence-electron chi connectivity index (χ4n) is 2.98. The number of hydrogen-bond donors (Lipinski definition) is 0. The van der Waals surface area contributed by atoms with E-state index in [-0.39, 0.29) is 0 Å². The van der Waals surface area contributed by atoms with Gasteiger partial charge in [-0.3, -0.25) is 4.79 Å². The second-order valence-corrected chi connectivity index (χ2v) is 6.28. The largest absolute Gasteiger partial charge is 0.339 e. The minimum absolute atomic E-state index is 0.373. The molecule has 2 fully saturated rings. The van der Waals surface area contributed by atoms with Crippen molar-refractivity contribution in [1.29, 1.82) is 0 Å². The number of carbonyl (C=O) groups excluding carboxylic acids is 1. The molecular formula is C13H23BrN2O. The fourth-order valence-corrected chi connectivity index (χ4v) is 3.41. The average molecular weight is 303 g/mol. The predicted molar refractivity (Wildman–Crippen MR) is 73.3 cm³/mol. The lowest BCUT2D eigenvalue weighted by atomic mass is 10.0. The topological polar surface area (TPSA) is 23.6 Å². The Bertz CT molecular complexity index is 275. The van der Waals surface area contributed by atoms with E-state index in [1.807, 2.05) is 0 Å². The molecule has 3 nitrogen and oxygen atoms in total. The van der Waals surface area contributed by atoms with Gasteiger partial charge >= 0.3 is 0 Å². The molecule has 0 bridgehead atoms. The van der Waals surface area contributed by atoms with Gasteiger partial charge in [-0.1, -0.05) is 15.9 Å². The molecule has 2 aliphatic rings. The molecule has 17 heavy (non-hydrogen) atoms. The van der Waals surface area contributed by atoms with E-state index >= 15 is 0 Å². The van der Waals surface area contributed by atoms with E-state index in [2.05, 4.69) is 39.6 Å². The normalized spacial score (nSPS) is 28.4. The number of alkyl halides is 1. The number of nitrogens with zero attached hydrogens (tertiary/aromatic N) is 2. The maximum atomic E-state index is 11.9. The maximum absolute atomic E-state index is 11.9. The first kappa shape index (κ1) is 13.3. The molecule has 2 heterocycles. The van der Waals surface area contributed by atoms with Crippen LogP contribution in [0.25, 0.3) is 0 Å². The predicted octanol–water partition coefficient (Wildman–Crippen LogP) is 2.10. The molecule has 0 aliphatic carbocycles. The van der Waals surface area contributed by atoms with Gasteiger partial charge in [0.2, 0.25) is 5.91 Å². The molecule has 0 N–H and O–H groups in total. The van der Waals surface area contributed by atoms with Crippen LogP contribution in [0.2, 0.25) is 0 Å². The van der Waals surface area contributed by atoms with Crippen molar-refractivity contribution in [2.24, 2.45) is 5.92 Å². The van der Waals surface area contributed by atoms with Crippen molar-refractivity contribution < 1.29 is 4.79 Å². The summed E-state index contributed by atoms with van der Waals surface area (Å²) in [6, 6.07) is 1.14. The van der Waals surface area contributed by atoms with Crippen LogP contribution in [-0.2, 0) is 4.79 Å². The number of halogens is 1. The third kappa shape index (κ3) is 3.02. The maximum Gasteiger partial charge on any atom is 0.223 e. The van der Waals surface area contributed by atoms with Crippen LogP contribution in [0.1, 0.15) is 33.1 Å². The van der Waals surface area contributed by atoms with Crippen molar-refractivity contribution in [3.8, 4) is 0 Å². The number of piperidine rings is 1. The first-order chi connectivity index (χ1) is 8.11. The number of amides is 1. The number of rotatable bonds is 3. The summed E-state index contributed by atoms with van der Waals surface area (Å²) in [6.07, 6.45) is 3.05. The summed E-state index contributed by atoms with van der Waals surface area (Å²) in [5.74, 6) is 0.906. The van der Waals surface area contributed by atoms with Crippen molar-refractivity contribution >= 4 is 21.8 Å². The summed E-state index contributed by atoms with van der Waals surface area (Å²) in [5, 5.41) is 0.958. The standard InChI is InChI=1S/C13H23BrN2O/c1-10(2)15-5-3-12(4-6-15)16-9-11(8-14)7-13(16)17/h10-12H,3-9H2,1-2H3. The van der Waals surface area contributed by atoms with E-state index in [1.54, 1.807) is 0 Å². The molecule has 2 aliphatic heterocycles. The highest BCUT2D eigenvalue weighted by atomic mass is 79.9. The third-order valence-electron chi connectivity index (χ3n) is 4.13. The second kappa shape index (κ2) is 5.70.